The number of hydrogen-bond donors (Lipinski definition) is 1. The van der Waals surface area contributed by atoms with Crippen LogP contribution in [0.3, 0.4) is 0 Å². The van der Waals surface area contributed by atoms with Gasteiger partial charge in [0.05, 0.1) is 18.2 Å². The minimum absolute atomic E-state index is 0.219. The van der Waals surface area contributed by atoms with Crippen LogP contribution in [0.15, 0.2) is 42.5 Å². The van der Waals surface area contributed by atoms with Gasteiger partial charge >= 0.3 is 11.9 Å². The third-order valence-electron chi connectivity index (χ3n) is 3.56. The van der Waals surface area contributed by atoms with Crippen molar-refractivity contribution in [3.63, 3.8) is 0 Å². The summed E-state index contributed by atoms with van der Waals surface area (Å²) in [7, 11) is 1.32. The number of esters is 1. The molecule has 0 unspecified atom stereocenters. The minimum atomic E-state index is -0.990. The summed E-state index contributed by atoms with van der Waals surface area (Å²) in [6.45, 7) is 3.81. The van der Waals surface area contributed by atoms with Gasteiger partial charge in [0.25, 0.3) is 0 Å². The highest BCUT2D eigenvalue weighted by molar-refractivity contribution is 6.21. The predicted molar refractivity (Wildman–Crippen MR) is 89.2 cm³/mol. The van der Waals surface area contributed by atoms with Crippen molar-refractivity contribution >= 4 is 23.6 Å². The molecule has 0 amide bonds. The molecule has 0 saturated heterocycles. The molecule has 0 saturated carbocycles. The first-order valence-electron chi connectivity index (χ1n) is 7.13. The number of carbonyl (C=O) groups excluding carboxylic acids is 1. The average molecular weight is 310 g/mol. The van der Waals surface area contributed by atoms with Crippen molar-refractivity contribution in [2.24, 2.45) is 0 Å². The van der Waals surface area contributed by atoms with Gasteiger partial charge in [-0.15, -0.1) is 0 Å². The third-order valence-corrected chi connectivity index (χ3v) is 3.56. The van der Waals surface area contributed by atoms with Crippen molar-refractivity contribution in [1.29, 1.82) is 0 Å². The summed E-state index contributed by atoms with van der Waals surface area (Å²) in [5, 5.41) is 9.54. The highest BCUT2D eigenvalue weighted by Crippen LogP contribution is 2.23. The third kappa shape index (κ3) is 3.86. The fourth-order valence-electron chi connectivity index (χ4n) is 2.28. The quantitative estimate of drug-likeness (QED) is 0.531. The Balaban J connectivity index is 2.45. The molecule has 0 fully saturated rings. The van der Waals surface area contributed by atoms with Crippen molar-refractivity contribution in [2.75, 3.05) is 7.11 Å². The molecule has 2 aromatic rings. The lowest BCUT2D eigenvalue weighted by Crippen LogP contribution is -2.02. The van der Waals surface area contributed by atoms with Crippen molar-refractivity contribution in [3.8, 4) is 0 Å². The van der Waals surface area contributed by atoms with E-state index in [0.717, 1.165) is 11.1 Å². The number of ether oxygens (including phenoxy) is 1. The number of carboxylic acids is 1. The van der Waals surface area contributed by atoms with Gasteiger partial charge in [-0.3, -0.25) is 0 Å². The van der Waals surface area contributed by atoms with Crippen molar-refractivity contribution in [1.82, 2.24) is 0 Å². The van der Waals surface area contributed by atoms with E-state index >= 15 is 0 Å². The van der Waals surface area contributed by atoms with Crippen LogP contribution < -0.4 is 0 Å². The van der Waals surface area contributed by atoms with Crippen LogP contribution in [0.25, 0.3) is 11.6 Å². The van der Waals surface area contributed by atoms with Crippen molar-refractivity contribution < 1.29 is 19.4 Å². The molecule has 0 aliphatic heterocycles. The van der Waals surface area contributed by atoms with Crippen LogP contribution >= 0.6 is 0 Å². The van der Waals surface area contributed by atoms with E-state index < -0.39 is 11.9 Å². The number of methoxy groups -OCH3 is 1. The number of carboxylic acid groups (broad SMARTS) is 1. The van der Waals surface area contributed by atoms with Gasteiger partial charge in [0.1, 0.15) is 0 Å². The van der Waals surface area contributed by atoms with Crippen LogP contribution in [-0.4, -0.2) is 24.2 Å². The normalized spacial score (nSPS) is 11.2. The lowest BCUT2D eigenvalue weighted by molar-refractivity contribution is -0.130. The summed E-state index contributed by atoms with van der Waals surface area (Å²) in [5.74, 6) is -1.41. The first kappa shape index (κ1) is 16.5. The Kier molecular flexibility index (Phi) is 4.96. The Morgan fingerprint density at radius 2 is 1.70 bits per heavy atom. The first-order valence-corrected chi connectivity index (χ1v) is 7.13. The zero-order valence-electron chi connectivity index (χ0n) is 13.3. The molecule has 118 valence electrons. The molecule has 2 aromatic carbocycles. The average Bonchev–Trinajstić information content (AvgIpc) is 2.54. The number of rotatable bonds is 4. The number of aryl methyl sites for hydroxylation is 2. The van der Waals surface area contributed by atoms with E-state index in [1.54, 1.807) is 30.3 Å². The van der Waals surface area contributed by atoms with Crippen LogP contribution in [0.5, 0.6) is 0 Å². The van der Waals surface area contributed by atoms with Gasteiger partial charge in [0.2, 0.25) is 0 Å². The SMILES string of the molecule is COC(=O)c1ccc(/C=C(\C(=O)O)c2cc(C)ccc2C)cc1. The molecule has 2 rings (SSSR count). The Bertz CT molecular complexity index is 770. The number of hydrogen-bond acceptors (Lipinski definition) is 3. The van der Waals surface area contributed by atoms with Gasteiger partial charge in [0.15, 0.2) is 0 Å². The summed E-state index contributed by atoms with van der Waals surface area (Å²) >= 11 is 0. The largest absolute Gasteiger partial charge is 0.478 e. The number of benzene rings is 2. The molecule has 4 nitrogen and oxygen atoms in total. The lowest BCUT2D eigenvalue weighted by Gasteiger charge is -2.09. The molecule has 0 radical (unpaired) electrons. The maximum Gasteiger partial charge on any atom is 0.337 e. The molecule has 0 aromatic heterocycles. The number of aliphatic carboxylic acids is 1. The van der Waals surface area contributed by atoms with E-state index in [4.69, 9.17) is 0 Å². The summed E-state index contributed by atoms with van der Waals surface area (Å²) in [4.78, 5) is 23.1. The molecule has 0 heterocycles. The Morgan fingerprint density at radius 1 is 1.04 bits per heavy atom. The second-order valence-corrected chi connectivity index (χ2v) is 5.30. The molecule has 23 heavy (non-hydrogen) atoms. The van der Waals surface area contributed by atoms with Crippen LogP contribution in [0.1, 0.15) is 32.6 Å². The smallest absolute Gasteiger partial charge is 0.337 e. The topological polar surface area (TPSA) is 63.6 Å². The van der Waals surface area contributed by atoms with Crippen LogP contribution in [0.2, 0.25) is 0 Å². The summed E-state index contributed by atoms with van der Waals surface area (Å²) in [6.07, 6.45) is 1.60. The lowest BCUT2D eigenvalue weighted by atomic mass is 9.96. The van der Waals surface area contributed by atoms with Gasteiger partial charge in [-0.1, -0.05) is 35.9 Å². The van der Waals surface area contributed by atoms with Crippen molar-refractivity contribution in [2.45, 2.75) is 13.8 Å². The van der Waals surface area contributed by atoms with Gasteiger partial charge in [-0.25, -0.2) is 9.59 Å². The van der Waals surface area contributed by atoms with Gasteiger partial charge in [-0.05, 0) is 48.7 Å². The van der Waals surface area contributed by atoms with Gasteiger partial charge in [0, 0.05) is 0 Å². The summed E-state index contributed by atoms with van der Waals surface area (Å²) in [5.41, 5.74) is 3.94. The second-order valence-electron chi connectivity index (χ2n) is 5.30. The Morgan fingerprint density at radius 3 is 2.26 bits per heavy atom. The zero-order valence-corrected chi connectivity index (χ0v) is 13.3. The molecule has 0 spiro atoms. The maximum atomic E-state index is 11.6. The molecular weight excluding hydrogens is 292 g/mol. The van der Waals surface area contributed by atoms with Crippen molar-refractivity contribution in [3.05, 3.63) is 70.3 Å². The highest BCUT2D eigenvalue weighted by atomic mass is 16.5. The molecule has 1 N–H and O–H groups in total. The standard InChI is InChI=1S/C19H18O4/c1-12-4-5-13(2)16(10-12)17(18(20)21)11-14-6-8-15(9-7-14)19(22)23-3/h4-11H,1-3H3,(H,20,21)/b17-11-. The van der Waals surface area contributed by atoms with Crippen LogP contribution in [0, 0.1) is 13.8 Å². The van der Waals surface area contributed by atoms with E-state index in [-0.39, 0.29) is 5.57 Å². The van der Waals surface area contributed by atoms with E-state index in [2.05, 4.69) is 4.74 Å². The molecule has 0 atom stereocenters. The summed E-state index contributed by atoms with van der Waals surface area (Å²) in [6, 6.07) is 12.3. The van der Waals surface area contributed by atoms with Gasteiger partial charge in [-0.2, -0.15) is 0 Å². The van der Waals surface area contributed by atoms with Crippen LogP contribution in [0.4, 0.5) is 0 Å². The van der Waals surface area contributed by atoms with Crippen LogP contribution in [-0.2, 0) is 9.53 Å². The monoisotopic (exact) mass is 310 g/mol. The van der Waals surface area contributed by atoms with E-state index in [1.165, 1.54) is 7.11 Å². The molecule has 0 aliphatic rings. The Labute approximate surface area is 135 Å². The minimum Gasteiger partial charge on any atom is -0.478 e. The molecule has 4 heteroatoms. The number of carbonyl (C=O) groups is 2. The predicted octanol–water partition coefficient (Wildman–Crippen LogP) is 3.72. The molecular formula is C19H18O4. The maximum absolute atomic E-state index is 11.6. The van der Waals surface area contributed by atoms with E-state index in [1.807, 2.05) is 32.0 Å². The van der Waals surface area contributed by atoms with E-state index in [0.29, 0.717) is 16.7 Å². The first-order chi connectivity index (χ1) is 10.9. The molecule has 0 bridgehead atoms. The van der Waals surface area contributed by atoms with Gasteiger partial charge < -0.3 is 9.84 Å². The fraction of sp³-hybridized carbons (Fsp3) is 0.158. The Hall–Kier alpha value is -2.88. The van der Waals surface area contributed by atoms with E-state index in [9.17, 15) is 14.7 Å². The molecule has 0 aliphatic carbocycles. The summed E-state index contributed by atoms with van der Waals surface area (Å²) < 4.78 is 4.65. The zero-order chi connectivity index (χ0) is 17.0. The second kappa shape index (κ2) is 6.92. The fourth-order valence-corrected chi connectivity index (χ4v) is 2.28. The highest BCUT2D eigenvalue weighted by Gasteiger charge is 2.13.